The van der Waals surface area contributed by atoms with E-state index < -0.39 is 0 Å². The predicted octanol–water partition coefficient (Wildman–Crippen LogP) is 2.05. The first-order chi connectivity index (χ1) is 8.79. The van der Waals surface area contributed by atoms with Gasteiger partial charge >= 0.3 is 0 Å². The molecule has 0 saturated carbocycles. The Labute approximate surface area is 104 Å². The summed E-state index contributed by atoms with van der Waals surface area (Å²) in [6.45, 7) is 0.530. The molecule has 3 rings (SSSR count). The van der Waals surface area contributed by atoms with Gasteiger partial charge in [-0.1, -0.05) is 6.07 Å². The van der Waals surface area contributed by atoms with Crippen LogP contribution in [0.25, 0.3) is 0 Å². The first-order valence-electron chi connectivity index (χ1n) is 5.60. The van der Waals surface area contributed by atoms with Gasteiger partial charge in [0.2, 0.25) is 0 Å². The van der Waals surface area contributed by atoms with Crippen molar-refractivity contribution in [1.82, 2.24) is 4.98 Å². The Bertz CT molecular complexity index is 620. The molecule has 0 spiro atoms. The Morgan fingerprint density at radius 3 is 2.61 bits per heavy atom. The van der Waals surface area contributed by atoms with Crippen LogP contribution >= 0.6 is 0 Å². The quantitative estimate of drug-likeness (QED) is 0.752. The Morgan fingerprint density at radius 2 is 1.94 bits per heavy atom. The second kappa shape index (κ2) is 4.07. The second-order valence-electron chi connectivity index (χ2n) is 4.11. The van der Waals surface area contributed by atoms with Crippen molar-refractivity contribution >= 4 is 17.9 Å². The Balaban J connectivity index is 1.96. The van der Waals surface area contributed by atoms with Gasteiger partial charge < -0.3 is 4.90 Å². The fourth-order valence-electron chi connectivity index (χ4n) is 2.07. The van der Waals surface area contributed by atoms with Gasteiger partial charge in [-0.25, -0.2) is 0 Å². The Kier molecular flexibility index (Phi) is 2.41. The molecule has 4 heteroatoms. The maximum Gasteiger partial charge on any atom is 0.277 e. The number of aromatic nitrogens is 1. The number of hydrogen-bond acceptors (Lipinski definition) is 3. The number of benzene rings is 1. The number of carbonyl (C=O) groups excluding carboxylic acids is 2. The van der Waals surface area contributed by atoms with Crippen LogP contribution in [0.3, 0.4) is 0 Å². The van der Waals surface area contributed by atoms with Crippen LogP contribution in [-0.4, -0.2) is 17.2 Å². The van der Waals surface area contributed by atoms with Crippen molar-refractivity contribution < 1.29 is 9.59 Å². The summed E-state index contributed by atoms with van der Waals surface area (Å²) in [5, 5.41) is 0. The van der Waals surface area contributed by atoms with E-state index in [-0.39, 0.29) is 5.91 Å². The van der Waals surface area contributed by atoms with E-state index in [2.05, 4.69) is 4.98 Å². The highest BCUT2D eigenvalue weighted by Crippen LogP contribution is 2.26. The van der Waals surface area contributed by atoms with Crippen LogP contribution in [0.4, 0.5) is 5.69 Å². The monoisotopic (exact) mass is 238 g/mol. The second-order valence-corrected chi connectivity index (χ2v) is 4.11. The molecular formula is C14H10N2O2. The molecule has 0 fully saturated rings. The third kappa shape index (κ3) is 1.59. The topological polar surface area (TPSA) is 50.3 Å². The lowest BCUT2D eigenvalue weighted by Gasteiger charge is -2.15. The summed E-state index contributed by atoms with van der Waals surface area (Å²) < 4.78 is 0. The SMILES string of the molecule is O=Cc1ccc(N2Cc3cccnc3C2=O)cc1. The summed E-state index contributed by atoms with van der Waals surface area (Å²) in [5.41, 5.74) is 2.82. The molecular weight excluding hydrogens is 228 g/mol. The highest BCUT2D eigenvalue weighted by Gasteiger charge is 2.29. The van der Waals surface area contributed by atoms with Crippen LogP contribution < -0.4 is 4.90 Å². The van der Waals surface area contributed by atoms with Crippen molar-refractivity contribution in [2.75, 3.05) is 4.90 Å². The summed E-state index contributed by atoms with van der Waals surface area (Å²) >= 11 is 0. The van der Waals surface area contributed by atoms with E-state index in [9.17, 15) is 9.59 Å². The normalized spacial score (nSPS) is 13.6. The smallest absolute Gasteiger partial charge is 0.277 e. The minimum atomic E-state index is -0.0931. The summed E-state index contributed by atoms with van der Waals surface area (Å²) in [4.78, 5) is 28.5. The van der Waals surface area contributed by atoms with Gasteiger partial charge in [-0.3, -0.25) is 14.6 Å². The van der Waals surface area contributed by atoms with Gasteiger partial charge in [0.1, 0.15) is 12.0 Å². The van der Waals surface area contributed by atoms with E-state index in [0.717, 1.165) is 17.5 Å². The third-order valence-corrected chi connectivity index (χ3v) is 3.01. The molecule has 0 bridgehead atoms. The van der Waals surface area contributed by atoms with E-state index in [1.54, 1.807) is 35.4 Å². The van der Waals surface area contributed by atoms with Gasteiger partial charge in [0.05, 0.1) is 6.54 Å². The fraction of sp³-hybridized carbons (Fsp3) is 0.0714. The van der Waals surface area contributed by atoms with Crippen molar-refractivity contribution in [2.24, 2.45) is 0 Å². The van der Waals surface area contributed by atoms with Gasteiger partial charge in [-0.05, 0) is 30.3 Å². The van der Waals surface area contributed by atoms with Gasteiger partial charge in [0.25, 0.3) is 5.91 Å². The molecule has 1 aromatic carbocycles. The maximum absolute atomic E-state index is 12.1. The zero-order chi connectivity index (χ0) is 12.5. The molecule has 0 N–H and O–H groups in total. The number of rotatable bonds is 2. The minimum Gasteiger partial charge on any atom is -0.303 e. The standard InChI is InChI=1S/C14H10N2O2/c17-9-10-3-5-12(6-4-10)16-8-11-2-1-7-15-13(11)14(16)18/h1-7,9H,8H2. The van der Waals surface area contributed by atoms with Crippen molar-refractivity contribution in [3.05, 3.63) is 59.4 Å². The molecule has 4 nitrogen and oxygen atoms in total. The molecule has 0 radical (unpaired) electrons. The minimum absolute atomic E-state index is 0.0931. The number of aldehydes is 1. The largest absolute Gasteiger partial charge is 0.303 e. The van der Waals surface area contributed by atoms with E-state index in [1.165, 1.54) is 0 Å². The number of anilines is 1. The van der Waals surface area contributed by atoms with E-state index in [1.807, 2.05) is 12.1 Å². The van der Waals surface area contributed by atoms with Crippen molar-refractivity contribution in [2.45, 2.75) is 6.54 Å². The number of pyridine rings is 1. The fourth-order valence-corrected chi connectivity index (χ4v) is 2.07. The van der Waals surface area contributed by atoms with Crippen LogP contribution in [0, 0.1) is 0 Å². The predicted molar refractivity (Wildman–Crippen MR) is 66.6 cm³/mol. The van der Waals surface area contributed by atoms with Gasteiger partial charge in [0, 0.05) is 23.0 Å². The molecule has 1 aliphatic rings. The highest BCUT2D eigenvalue weighted by atomic mass is 16.2. The van der Waals surface area contributed by atoms with Gasteiger partial charge in [0.15, 0.2) is 0 Å². The average molecular weight is 238 g/mol. The summed E-state index contributed by atoms with van der Waals surface area (Å²) in [6, 6.07) is 10.7. The lowest BCUT2D eigenvalue weighted by atomic mass is 10.2. The summed E-state index contributed by atoms with van der Waals surface area (Å²) in [6.07, 6.45) is 2.40. The number of nitrogens with zero attached hydrogens (tertiary/aromatic N) is 2. The van der Waals surface area contributed by atoms with Crippen LogP contribution in [-0.2, 0) is 6.54 Å². The molecule has 2 aromatic rings. The number of amides is 1. The van der Waals surface area contributed by atoms with Gasteiger partial charge in [-0.15, -0.1) is 0 Å². The van der Waals surface area contributed by atoms with E-state index in [4.69, 9.17) is 0 Å². The number of carbonyl (C=O) groups is 2. The van der Waals surface area contributed by atoms with Crippen molar-refractivity contribution in [3.8, 4) is 0 Å². The van der Waals surface area contributed by atoms with Crippen LogP contribution in [0.2, 0.25) is 0 Å². The first kappa shape index (κ1) is 10.7. The molecule has 1 aromatic heterocycles. The Hall–Kier alpha value is -2.49. The van der Waals surface area contributed by atoms with Crippen molar-refractivity contribution in [3.63, 3.8) is 0 Å². The molecule has 2 heterocycles. The summed E-state index contributed by atoms with van der Waals surface area (Å²) in [5.74, 6) is -0.0931. The lowest BCUT2D eigenvalue weighted by Crippen LogP contribution is -2.23. The highest BCUT2D eigenvalue weighted by molar-refractivity contribution is 6.08. The molecule has 0 saturated heterocycles. The maximum atomic E-state index is 12.1. The molecule has 88 valence electrons. The first-order valence-corrected chi connectivity index (χ1v) is 5.60. The van der Waals surface area contributed by atoms with Crippen LogP contribution in [0.1, 0.15) is 26.4 Å². The molecule has 18 heavy (non-hydrogen) atoms. The Morgan fingerprint density at radius 1 is 1.17 bits per heavy atom. The van der Waals surface area contributed by atoms with E-state index in [0.29, 0.717) is 17.8 Å². The van der Waals surface area contributed by atoms with Gasteiger partial charge in [-0.2, -0.15) is 0 Å². The molecule has 1 aliphatic heterocycles. The zero-order valence-electron chi connectivity index (χ0n) is 9.54. The van der Waals surface area contributed by atoms with Crippen LogP contribution in [0.5, 0.6) is 0 Å². The third-order valence-electron chi connectivity index (χ3n) is 3.01. The molecule has 0 atom stereocenters. The number of hydrogen-bond donors (Lipinski definition) is 0. The molecule has 0 unspecified atom stereocenters. The zero-order valence-corrected chi connectivity index (χ0v) is 9.54. The van der Waals surface area contributed by atoms with Crippen molar-refractivity contribution in [1.29, 1.82) is 0 Å². The van der Waals surface area contributed by atoms with Crippen LogP contribution in [0.15, 0.2) is 42.6 Å². The average Bonchev–Trinajstić information content (AvgIpc) is 2.77. The number of fused-ring (bicyclic) bond motifs is 1. The summed E-state index contributed by atoms with van der Waals surface area (Å²) in [7, 11) is 0. The molecule has 1 amide bonds. The lowest BCUT2D eigenvalue weighted by molar-refractivity contribution is 0.0992. The van der Waals surface area contributed by atoms with E-state index >= 15 is 0 Å². The molecule has 0 aliphatic carbocycles.